The Balaban J connectivity index is 3.35. The molecule has 3 heteroatoms. The number of nitriles is 2. The van der Waals surface area contributed by atoms with Gasteiger partial charge >= 0.3 is 0 Å². The Hall–Kier alpha value is -1.77. The molecule has 92 valence electrons. The highest BCUT2D eigenvalue weighted by molar-refractivity contribution is 6.30. The molecule has 0 spiro atoms. The van der Waals surface area contributed by atoms with E-state index < -0.39 is 10.8 Å². The molecule has 0 heterocycles. The number of nitrogens with zero attached hydrogens (tertiary/aromatic N) is 2. The standard InChI is InChI=1S/C15H15ClN2/c1-4-9-15(10-17,11-18)14(2,3)12-5-7-13(16)8-6-12/h4-8H,1,9H2,2-3H3. The first-order valence-electron chi connectivity index (χ1n) is 5.63. The quantitative estimate of drug-likeness (QED) is 0.759. The molecule has 0 saturated heterocycles. The van der Waals surface area contributed by atoms with E-state index in [1.165, 1.54) is 0 Å². The summed E-state index contributed by atoms with van der Waals surface area (Å²) in [6.07, 6.45) is 1.94. The van der Waals surface area contributed by atoms with Crippen molar-refractivity contribution in [3.05, 3.63) is 47.5 Å². The van der Waals surface area contributed by atoms with Gasteiger partial charge in [0, 0.05) is 10.4 Å². The maximum absolute atomic E-state index is 9.41. The zero-order chi connectivity index (χ0) is 13.8. The second kappa shape index (κ2) is 5.25. The van der Waals surface area contributed by atoms with E-state index in [9.17, 15) is 10.5 Å². The van der Waals surface area contributed by atoms with Crippen LogP contribution in [0.2, 0.25) is 5.02 Å². The molecule has 2 nitrogen and oxygen atoms in total. The first-order valence-corrected chi connectivity index (χ1v) is 6.01. The smallest absolute Gasteiger partial charge is 0.156 e. The fraction of sp³-hybridized carbons (Fsp3) is 0.333. The van der Waals surface area contributed by atoms with Crippen molar-refractivity contribution in [2.75, 3.05) is 0 Å². The second-order valence-electron chi connectivity index (χ2n) is 4.75. The Morgan fingerprint density at radius 1 is 1.22 bits per heavy atom. The van der Waals surface area contributed by atoms with E-state index in [1.807, 2.05) is 26.0 Å². The van der Waals surface area contributed by atoms with Crippen LogP contribution in [-0.4, -0.2) is 0 Å². The molecular weight excluding hydrogens is 244 g/mol. The van der Waals surface area contributed by atoms with Crippen LogP contribution >= 0.6 is 11.6 Å². The van der Waals surface area contributed by atoms with E-state index >= 15 is 0 Å². The third kappa shape index (κ3) is 2.26. The number of rotatable bonds is 4. The summed E-state index contributed by atoms with van der Waals surface area (Å²) in [6, 6.07) is 11.6. The predicted octanol–water partition coefficient (Wildman–Crippen LogP) is 4.23. The molecular formula is C15H15ClN2. The first-order chi connectivity index (χ1) is 8.43. The normalized spacial score (nSPS) is 11.4. The van der Waals surface area contributed by atoms with Gasteiger partial charge in [0.05, 0.1) is 12.1 Å². The molecule has 0 radical (unpaired) electrons. The molecule has 0 unspecified atom stereocenters. The van der Waals surface area contributed by atoms with Crippen molar-refractivity contribution >= 4 is 11.6 Å². The molecule has 1 aromatic carbocycles. The van der Waals surface area contributed by atoms with Gasteiger partial charge in [-0.1, -0.05) is 43.7 Å². The number of benzene rings is 1. The van der Waals surface area contributed by atoms with Gasteiger partial charge in [0.1, 0.15) is 0 Å². The SMILES string of the molecule is C=CCC(C#N)(C#N)C(C)(C)c1ccc(Cl)cc1. The van der Waals surface area contributed by atoms with E-state index in [2.05, 4.69) is 18.7 Å². The van der Waals surface area contributed by atoms with Crippen LogP contribution in [0.5, 0.6) is 0 Å². The van der Waals surface area contributed by atoms with Gasteiger partial charge in [-0.05, 0) is 24.1 Å². The van der Waals surface area contributed by atoms with Crippen LogP contribution in [0.1, 0.15) is 25.8 Å². The van der Waals surface area contributed by atoms with Gasteiger partial charge in [-0.2, -0.15) is 10.5 Å². The van der Waals surface area contributed by atoms with Gasteiger partial charge in [0.2, 0.25) is 0 Å². The monoisotopic (exact) mass is 258 g/mol. The second-order valence-corrected chi connectivity index (χ2v) is 5.19. The number of hydrogen-bond donors (Lipinski definition) is 0. The molecule has 0 atom stereocenters. The third-order valence-corrected chi connectivity index (χ3v) is 3.72. The van der Waals surface area contributed by atoms with E-state index in [1.54, 1.807) is 18.2 Å². The highest BCUT2D eigenvalue weighted by Crippen LogP contribution is 2.44. The summed E-state index contributed by atoms with van der Waals surface area (Å²) in [7, 11) is 0. The number of allylic oxidation sites excluding steroid dienone is 1. The van der Waals surface area contributed by atoms with Crippen LogP contribution in [0.4, 0.5) is 0 Å². The average molecular weight is 259 g/mol. The molecule has 0 aliphatic rings. The fourth-order valence-corrected chi connectivity index (χ4v) is 2.11. The fourth-order valence-electron chi connectivity index (χ4n) is 1.98. The summed E-state index contributed by atoms with van der Waals surface area (Å²) in [5.74, 6) is 0. The van der Waals surface area contributed by atoms with E-state index in [4.69, 9.17) is 11.6 Å². The molecule has 0 aromatic heterocycles. The van der Waals surface area contributed by atoms with Gasteiger partial charge in [-0.25, -0.2) is 0 Å². The van der Waals surface area contributed by atoms with Gasteiger partial charge in [-0.3, -0.25) is 0 Å². The van der Waals surface area contributed by atoms with E-state index in [-0.39, 0.29) is 0 Å². The minimum absolute atomic E-state index is 0.329. The van der Waals surface area contributed by atoms with Crippen molar-refractivity contribution in [1.82, 2.24) is 0 Å². The Labute approximate surface area is 113 Å². The van der Waals surface area contributed by atoms with Crippen molar-refractivity contribution in [3.63, 3.8) is 0 Å². The van der Waals surface area contributed by atoms with E-state index in [0.717, 1.165) is 5.56 Å². The molecule has 0 bridgehead atoms. The third-order valence-electron chi connectivity index (χ3n) is 3.47. The summed E-state index contributed by atoms with van der Waals surface area (Å²) in [6.45, 7) is 7.43. The van der Waals surface area contributed by atoms with Crippen LogP contribution < -0.4 is 0 Å². The molecule has 0 saturated carbocycles. The summed E-state index contributed by atoms with van der Waals surface area (Å²) in [5, 5.41) is 19.5. The number of halogens is 1. The lowest BCUT2D eigenvalue weighted by Crippen LogP contribution is -2.39. The topological polar surface area (TPSA) is 47.6 Å². The van der Waals surface area contributed by atoms with Gasteiger partial charge in [0.15, 0.2) is 5.41 Å². The lowest BCUT2D eigenvalue weighted by Gasteiger charge is -2.36. The van der Waals surface area contributed by atoms with Crippen LogP contribution in [0.25, 0.3) is 0 Å². The number of hydrogen-bond acceptors (Lipinski definition) is 2. The maximum atomic E-state index is 9.41. The molecule has 0 aliphatic carbocycles. The molecule has 0 aliphatic heterocycles. The van der Waals surface area contributed by atoms with Crippen LogP contribution in [0, 0.1) is 28.1 Å². The Kier molecular flexibility index (Phi) is 4.17. The van der Waals surface area contributed by atoms with Crippen LogP contribution in [0.3, 0.4) is 0 Å². The predicted molar refractivity (Wildman–Crippen MR) is 73.0 cm³/mol. The molecule has 18 heavy (non-hydrogen) atoms. The molecule has 0 amide bonds. The van der Waals surface area contributed by atoms with Crippen molar-refractivity contribution < 1.29 is 0 Å². The van der Waals surface area contributed by atoms with Crippen LogP contribution in [0.15, 0.2) is 36.9 Å². The zero-order valence-electron chi connectivity index (χ0n) is 10.6. The van der Waals surface area contributed by atoms with Crippen LogP contribution in [-0.2, 0) is 5.41 Å². The van der Waals surface area contributed by atoms with Gasteiger partial charge in [0.25, 0.3) is 0 Å². The van der Waals surface area contributed by atoms with E-state index in [0.29, 0.717) is 11.4 Å². The minimum Gasteiger partial charge on any atom is -0.197 e. The van der Waals surface area contributed by atoms with Crippen molar-refractivity contribution in [1.29, 1.82) is 10.5 Å². The average Bonchev–Trinajstić information content (AvgIpc) is 2.36. The Morgan fingerprint density at radius 3 is 2.11 bits per heavy atom. The Morgan fingerprint density at radius 2 is 1.72 bits per heavy atom. The zero-order valence-corrected chi connectivity index (χ0v) is 11.3. The molecule has 1 aromatic rings. The lowest BCUT2D eigenvalue weighted by atomic mass is 9.62. The molecule has 0 fully saturated rings. The van der Waals surface area contributed by atoms with Crippen molar-refractivity contribution in [2.24, 2.45) is 5.41 Å². The largest absolute Gasteiger partial charge is 0.197 e. The summed E-state index contributed by atoms with van der Waals surface area (Å²) < 4.78 is 0. The van der Waals surface area contributed by atoms with Crippen molar-refractivity contribution in [2.45, 2.75) is 25.7 Å². The summed E-state index contributed by atoms with van der Waals surface area (Å²) in [5.41, 5.74) is -0.811. The Bertz CT molecular complexity index is 501. The van der Waals surface area contributed by atoms with Crippen molar-refractivity contribution in [3.8, 4) is 12.1 Å². The molecule has 1 rings (SSSR count). The van der Waals surface area contributed by atoms with Gasteiger partial charge in [-0.15, -0.1) is 6.58 Å². The minimum atomic E-state index is -1.12. The first kappa shape index (κ1) is 14.3. The summed E-state index contributed by atoms with van der Waals surface area (Å²) in [4.78, 5) is 0. The van der Waals surface area contributed by atoms with Gasteiger partial charge < -0.3 is 0 Å². The molecule has 0 N–H and O–H groups in total. The maximum Gasteiger partial charge on any atom is 0.156 e. The lowest BCUT2D eigenvalue weighted by molar-refractivity contribution is 0.303. The summed E-state index contributed by atoms with van der Waals surface area (Å²) >= 11 is 5.86. The highest BCUT2D eigenvalue weighted by Gasteiger charge is 2.46. The highest BCUT2D eigenvalue weighted by atomic mass is 35.5.